The van der Waals surface area contributed by atoms with E-state index in [1.54, 1.807) is 11.3 Å². The minimum absolute atomic E-state index is 0.127. The third-order valence-corrected chi connectivity index (χ3v) is 6.35. The zero-order valence-corrected chi connectivity index (χ0v) is 19.8. The molecule has 2 aromatic heterocycles. The van der Waals surface area contributed by atoms with Crippen LogP contribution in [-0.2, 0) is 12.0 Å². The first-order chi connectivity index (χ1) is 14.7. The van der Waals surface area contributed by atoms with Crippen LogP contribution in [0.3, 0.4) is 0 Å². The molecule has 31 heavy (non-hydrogen) atoms. The second kappa shape index (κ2) is 8.27. The Morgan fingerprint density at radius 2 is 1.55 bits per heavy atom. The Kier molecular flexibility index (Phi) is 5.67. The van der Waals surface area contributed by atoms with Gasteiger partial charge < -0.3 is 10.6 Å². The number of benzene rings is 2. The Morgan fingerprint density at radius 1 is 0.871 bits per heavy atom. The van der Waals surface area contributed by atoms with Gasteiger partial charge in [-0.05, 0) is 60.6 Å². The fraction of sp³-hybridized carbons (Fsp3) is 0.320. The standard InChI is InChI=1S/C25H29N5S/c1-15-8-7-9-16(2)20(15)14-26-24-30-21-22(27-17(3)28-23(21)31-24)29-19-12-10-18(11-13-19)25(4,5)6/h7-13H,14H2,1-6H3,(H,26,30)(H,27,28,29). The van der Waals surface area contributed by atoms with Gasteiger partial charge in [-0.2, -0.15) is 0 Å². The van der Waals surface area contributed by atoms with Crippen LogP contribution < -0.4 is 10.6 Å². The fourth-order valence-corrected chi connectivity index (χ4v) is 4.45. The highest BCUT2D eigenvalue weighted by molar-refractivity contribution is 7.21. The molecule has 0 aliphatic carbocycles. The van der Waals surface area contributed by atoms with Gasteiger partial charge in [0.1, 0.15) is 11.3 Å². The summed E-state index contributed by atoms with van der Waals surface area (Å²) in [6, 6.07) is 14.9. The molecule has 4 rings (SSSR count). The van der Waals surface area contributed by atoms with Gasteiger partial charge in [-0.25, -0.2) is 15.0 Å². The Hall–Kier alpha value is -2.99. The van der Waals surface area contributed by atoms with Gasteiger partial charge in [-0.15, -0.1) is 0 Å². The monoisotopic (exact) mass is 431 g/mol. The maximum Gasteiger partial charge on any atom is 0.185 e. The van der Waals surface area contributed by atoms with Crippen molar-refractivity contribution in [2.45, 2.75) is 53.5 Å². The van der Waals surface area contributed by atoms with Crippen LogP contribution in [-0.4, -0.2) is 15.0 Å². The molecule has 0 radical (unpaired) electrons. The van der Waals surface area contributed by atoms with Gasteiger partial charge in [0.05, 0.1) is 0 Å². The molecule has 2 aromatic carbocycles. The van der Waals surface area contributed by atoms with E-state index < -0.39 is 0 Å². The van der Waals surface area contributed by atoms with Gasteiger partial charge in [0, 0.05) is 12.2 Å². The van der Waals surface area contributed by atoms with Gasteiger partial charge in [0.15, 0.2) is 15.8 Å². The zero-order chi connectivity index (χ0) is 22.2. The van der Waals surface area contributed by atoms with E-state index in [1.807, 2.05) is 6.92 Å². The van der Waals surface area contributed by atoms with Crippen molar-refractivity contribution in [1.29, 1.82) is 0 Å². The van der Waals surface area contributed by atoms with Crippen molar-refractivity contribution < 1.29 is 0 Å². The summed E-state index contributed by atoms with van der Waals surface area (Å²) in [5.74, 6) is 1.47. The molecule has 0 fully saturated rings. The number of nitrogens with one attached hydrogen (secondary N) is 2. The molecule has 2 heterocycles. The summed E-state index contributed by atoms with van der Waals surface area (Å²) in [5.41, 5.74) is 7.08. The number of thiazole rings is 1. The van der Waals surface area contributed by atoms with E-state index in [0.717, 1.165) is 39.4 Å². The highest BCUT2D eigenvalue weighted by atomic mass is 32.1. The van der Waals surface area contributed by atoms with E-state index in [1.165, 1.54) is 22.3 Å². The Labute approximate surface area is 188 Å². The van der Waals surface area contributed by atoms with Crippen molar-refractivity contribution in [3.05, 3.63) is 70.5 Å². The molecular formula is C25H29N5S. The quantitative estimate of drug-likeness (QED) is 0.370. The van der Waals surface area contributed by atoms with Gasteiger partial charge >= 0.3 is 0 Å². The largest absolute Gasteiger partial charge is 0.357 e. The molecule has 4 aromatic rings. The summed E-state index contributed by atoms with van der Waals surface area (Å²) in [6.45, 7) is 13.6. The Balaban J connectivity index is 1.59. The van der Waals surface area contributed by atoms with Crippen LogP contribution in [0.15, 0.2) is 42.5 Å². The zero-order valence-electron chi connectivity index (χ0n) is 19.0. The average molecular weight is 432 g/mol. The lowest BCUT2D eigenvalue weighted by Gasteiger charge is -2.19. The first-order valence-corrected chi connectivity index (χ1v) is 11.3. The number of nitrogens with zero attached hydrogens (tertiary/aromatic N) is 3. The molecule has 0 saturated carbocycles. The summed E-state index contributed by atoms with van der Waals surface area (Å²) < 4.78 is 0. The fourth-order valence-electron chi connectivity index (χ4n) is 3.57. The Morgan fingerprint density at radius 3 is 2.19 bits per heavy atom. The molecule has 160 valence electrons. The molecule has 0 aliphatic rings. The second-order valence-electron chi connectivity index (χ2n) is 8.97. The number of rotatable bonds is 5. The lowest BCUT2D eigenvalue weighted by atomic mass is 9.87. The van der Waals surface area contributed by atoms with Crippen LogP contribution in [0.4, 0.5) is 16.6 Å². The SMILES string of the molecule is Cc1nc(Nc2ccc(C(C)(C)C)cc2)c2nc(NCc3c(C)cccc3C)sc2n1. The molecule has 0 bridgehead atoms. The molecule has 2 N–H and O–H groups in total. The first kappa shape index (κ1) is 21.2. The van der Waals surface area contributed by atoms with Gasteiger partial charge in [-0.3, -0.25) is 0 Å². The molecule has 0 unspecified atom stereocenters. The number of anilines is 3. The van der Waals surface area contributed by atoms with Crippen molar-refractivity contribution in [2.24, 2.45) is 0 Å². The van der Waals surface area contributed by atoms with Crippen LogP contribution in [0, 0.1) is 20.8 Å². The van der Waals surface area contributed by atoms with E-state index in [4.69, 9.17) is 4.98 Å². The molecule has 6 heteroatoms. The van der Waals surface area contributed by atoms with Crippen LogP contribution in [0.25, 0.3) is 10.3 Å². The van der Waals surface area contributed by atoms with Crippen molar-refractivity contribution in [3.8, 4) is 0 Å². The van der Waals surface area contributed by atoms with E-state index >= 15 is 0 Å². The van der Waals surface area contributed by atoms with Crippen LogP contribution in [0.1, 0.15) is 48.8 Å². The number of aromatic nitrogens is 3. The second-order valence-corrected chi connectivity index (χ2v) is 9.95. The number of aryl methyl sites for hydroxylation is 3. The van der Waals surface area contributed by atoms with Crippen molar-refractivity contribution in [3.63, 3.8) is 0 Å². The first-order valence-electron chi connectivity index (χ1n) is 10.5. The smallest absolute Gasteiger partial charge is 0.185 e. The highest BCUT2D eigenvalue weighted by Crippen LogP contribution is 2.31. The summed E-state index contributed by atoms with van der Waals surface area (Å²) in [6.07, 6.45) is 0. The predicted octanol–water partition coefficient (Wildman–Crippen LogP) is 6.66. The van der Waals surface area contributed by atoms with Crippen molar-refractivity contribution in [1.82, 2.24) is 15.0 Å². The van der Waals surface area contributed by atoms with E-state index in [2.05, 4.69) is 97.7 Å². The molecule has 0 amide bonds. The van der Waals surface area contributed by atoms with E-state index in [-0.39, 0.29) is 5.41 Å². The molecular weight excluding hydrogens is 402 g/mol. The van der Waals surface area contributed by atoms with Gasteiger partial charge in [0.25, 0.3) is 0 Å². The number of hydrogen-bond donors (Lipinski definition) is 2. The number of fused-ring (bicyclic) bond motifs is 1. The maximum absolute atomic E-state index is 4.80. The maximum atomic E-state index is 4.80. The average Bonchev–Trinajstić information content (AvgIpc) is 3.10. The molecule has 0 spiro atoms. The predicted molar refractivity (Wildman–Crippen MR) is 132 cm³/mol. The number of hydrogen-bond acceptors (Lipinski definition) is 6. The topological polar surface area (TPSA) is 62.7 Å². The van der Waals surface area contributed by atoms with E-state index in [9.17, 15) is 0 Å². The molecule has 0 saturated heterocycles. The Bertz CT molecular complexity index is 1200. The van der Waals surface area contributed by atoms with Crippen LogP contribution >= 0.6 is 11.3 Å². The molecule has 5 nitrogen and oxygen atoms in total. The summed E-state index contributed by atoms with van der Waals surface area (Å²) in [7, 11) is 0. The third-order valence-electron chi connectivity index (χ3n) is 5.45. The van der Waals surface area contributed by atoms with Crippen LogP contribution in [0.5, 0.6) is 0 Å². The lowest BCUT2D eigenvalue weighted by Crippen LogP contribution is -2.10. The van der Waals surface area contributed by atoms with E-state index in [0.29, 0.717) is 0 Å². The minimum atomic E-state index is 0.127. The van der Waals surface area contributed by atoms with Crippen LogP contribution in [0.2, 0.25) is 0 Å². The summed E-state index contributed by atoms with van der Waals surface area (Å²) in [4.78, 5) is 14.9. The summed E-state index contributed by atoms with van der Waals surface area (Å²) in [5, 5.41) is 7.77. The highest BCUT2D eigenvalue weighted by Gasteiger charge is 2.15. The lowest BCUT2D eigenvalue weighted by molar-refractivity contribution is 0.590. The normalized spacial score (nSPS) is 11.7. The van der Waals surface area contributed by atoms with Gasteiger partial charge in [0.2, 0.25) is 0 Å². The summed E-state index contributed by atoms with van der Waals surface area (Å²) >= 11 is 1.56. The molecule has 0 aliphatic heterocycles. The van der Waals surface area contributed by atoms with Crippen molar-refractivity contribution in [2.75, 3.05) is 10.6 Å². The minimum Gasteiger partial charge on any atom is -0.357 e. The molecule has 0 atom stereocenters. The third kappa shape index (κ3) is 4.69. The van der Waals surface area contributed by atoms with Gasteiger partial charge in [-0.1, -0.05) is 62.4 Å². The van der Waals surface area contributed by atoms with Crippen molar-refractivity contribution >= 4 is 38.3 Å².